The van der Waals surface area contributed by atoms with E-state index in [0.717, 1.165) is 12.1 Å². The van der Waals surface area contributed by atoms with E-state index in [1.54, 1.807) is 24.4 Å². The highest BCUT2D eigenvalue weighted by molar-refractivity contribution is 6.42. The molecule has 0 bridgehead atoms. The Kier molecular flexibility index (Phi) is 4.45. The fraction of sp³-hybridized carbons (Fsp3) is 0.231. The number of anilines is 1. The maximum Gasteiger partial charge on any atom is 0.227 e. The number of rotatable bonds is 4. The molecule has 1 aromatic carbocycles. The van der Waals surface area contributed by atoms with Crippen LogP contribution in [0.4, 0.5) is 5.95 Å². The first kappa shape index (κ1) is 13.9. The van der Waals surface area contributed by atoms with Crippen molar-refractivity contribution in [1.82, 2.24) is 9.97 Å². The lowest BCUT2D eigenvalue weighted by Gasteiger charge is -2.10. The summed E-state index contributed by atoms with van der Waals surface area (Å²) >= 11 is 12.0. The van der Waals surface area contributed by atoms with Gasteiger partial charge >= 0.3 is 0 Å². The molecule has 0 aliphatic rings. The first-order valence-electron chi connectivity index (χ1n) is 5.81. The van der Waals surface area contributed by atoms with Gasteiger partial charge in [-0.05, 0) is 26.0 Å². The van der Waals surface area contributed by atoms with E-state index in [-0.39, 0.29) is 0 Å². The molecule has 0 saturated carbocycles. The second kappa shape index (κ2) is 6.08. The lowest BCUT2D eigenvalue weighted by Crippen LogP contribution is -2.03. The first-order valence-corrected chi connectivity index (χ1v) is 6.56. The molecule has 0 saturated heterocycles. The average molecular weight is 298 g/mol. The van der Waals surface area contributed by atoms with Crippen molar-refractivity contribution in [3.8, 4) is 11.6 Å². The van der Waals surface area contributed by atoms with Gasteiger partial charge in [0.25, 0.3) is 0 Å². The highest BCUT2D eigenvalue weighted by Crippen LogP contribution is 2.34. The average Bonchev–Trinajstić information content (AvgIpc) is 2.39. The molecular formula is C13H13Cl2N3O. The van der Waals surface area contributed by atoms with Crippen molar-refractivity contribution in [3.05, 3.63) is 40.0 Å². The molecule has 100 valence electrons. The second-order valence-corrected chi connectivity index (χ2v) is 4.65. The fourth-order valence-corrected chi connectivity index (χ4v) is 1.77. The lowest BCUT2D eigenvalue weighted by molar-refractivity contribution is 0.458. The third-order valence-corrected chi connectivity index (χ3v) is 3.18. The molecule has 2 rings (SSSR count). The molecule has 6 heteroatoms. The van der Waals surface area contributed by atoms with E-state index < -0.39 is 0 Å². The SMILES string of the molecule is CCNc1ncc(C)c(Oc2cccc(Cl)c2Cl)n1. The molecule has 4 nitrogen and oxygen atoms in total. The molecule has 1 N–H and O–H groups in total. The Hall–Kier alpha value is -1.52. The molecule has 2 aromatic rings. The van der Waals surface area contributed by atoms with Crippen molar-refractivity contribution < 1.29 is 4.74 Å². The van der Waals surface area contributed by atoms with E-state index in [1.807, 2.05) is 13.8 Å². The maximum absolute atomic E-state index is 6.08. The quantitative estimate of drug-likeness (QED) is 0.913. The number of hydrogen-bond acceptors (Lipinski definition) is 4. The van der Waals surface area contributed by atoms with E-state index in [1.165, 1.54) is 0 Å². The number of halogens is 2. The molecule has 0 aliphatic carbocycles. The normalized spacial score (nSPS) is 10.3. The van der Waals surface area contributed by atoms with Crippen molar-refractivity contribution in [2.24, 2.45) is 0 Å². The second-order valence-electron chi connectivity index (χ2n) is 3.87. The number of aryl methyl sites for hydroxylation is 1. The molecule has 1 heterocycles. The molecule has 0 unspecified atom stereocenters. The Labute approximate surface area is 121 Å². The van der Waals surface area contributed by atoms with Crippen LogP contribution in [0.2, 0.25) is 10.0 Å². The third kappa shape index (κ3) is 3.28. The number of benzene rings is 1. The van der Waals surface area contributed by atoms with E-state index in [4.69, 9.17) is 27.9 Å². The molecule has 0 radical (unpaired) electrons. The van der Waals surface area contributed by atoms with E-state index in [9.17, 15) is 0 Å². The minimum atomic E-state index is 0.368. The van der Waals surface area contributed by atoms with Crippen LogP contribution in [0.3, 0.4) is 0 Å². The number of ether oxygens (including phenoxy) is 1. The summed E-state index contributed by atoms with van der Waals surface area (Å²) in [4.78, 5) is 8.43. The number of nitrogens with zero attached hydrogens (tertiary/aromatic N) is 2. The summed E-state index contributed by atoms with van der Waals surface area (Å²) in [5.74, 6) is 1.44. The zero-order valence-corrected chi connectivity index (χ0v) is 12.1. The third-order valence-electron chi connectivity index (χ3n) is 2.38. The van der Waals surface area contributed by atoms with Crippen molar-refractivity contribution in [2.75, 3.05) is 11.9 Å². The van der Waals surface area contributed by atoms with Crippen LogP contribution in [0, 0.1) is 6.92 Å². The Bertz CT molecular complexity index is 590. The predicted octanol–water partition coefficient (Wildman–Crippen LogP) is 4.32. The summed E-state index contributed by atoms with van der Waals surface area (Å²) in [7, 11) is 0. The van der Waals surface area contributed by atoms with E-state index in [0.29, 0.717) is 27.6 Å². The summed E-state index contributed by atoms with van der Waals surface area (Å²) in [6.07, 6.45) is 1.69. The zero-order valence-electron chi connectivity index (χ0n) is 10.6. The summed E-state index contributed by atoms with van der Waals surface area (Å²) in [5.41, 5.74) is 0.817. The molecular weight excluding hydrogens is 285 g/mol. The number of hydrogen-bond donors (Lipinski definition) is 1. The molecule has 0 aliphatic heterocycles. The predicted molar refractivity (Wildman–Crippen MR) is 77.5 cm³/mol. The lowest BCUT2D eigenvalue weighted by atomic mass is 10.3. The molecule has 0 atom stereocenters. The van der Waals surface area contributed by atoms with Crippen LogP contribution in [-0.4, -0.2) is 16.5 Å². The zero-order chi connectivity index (χ0) is 13.8. The maximum atomic E-state index is 6.08. The first-order chi connectivity index (χ1) is 9.11. The number of aromatic nitrogens is 2. The van der Waals surface area contributed by atoms with Crippen LogP contribution in [0.25, 0.3) is 0 Å². The van der Waals surface area contributed by atoms with Crippen LogP contribution in [0.15, 0.2) is 24.4 Å². The largest absolute Gasteiger partial charge is 0.437 e. The van der Waals surface area contributed by atoms with Gasteiger partial charge in [-0.1, -0.05) is 29.3 Å². The Morgan fingerprint density at radius 1 is 1.32 bits per heavy atom. The molecule has 0 spiro atoms. The smallest absolute Gasteiger partial charge is 0.227 e. The minimum Gasteiger partial charge on any atom is -0.437 e. The van der Waals surface area contributed by atoms with Gasteiger partial charge in [-0.15, -0.1) is 0 Å². The molecule has 1 aromatic heterocycles. The highest BCUT2D eigenvalue weighted by atomic mass is 35.5. The summed E-state index contributed by atoms with van der Waals surface area (Å²) in [6.45, 7) is 4.57. The molecule has 0 fully saturated rings. The van der Waals surface area contributed by atoms with Crippen LogP contribution >= 0.6 is 23.2 Å². The van der Waals surface area contributed by atoms with Gasteiger partial charge in [0, 0.05) is 18.3 Å². The van der Waals surface area contributed by atoms with Crippen molar-refractivity contribution in [2.45, 2.75) is 13.8 Å². The van der Waals surface area contributed by atoms with Gasteiger partial charge < -0.3 is 10.1 Å². The summed E-state index contributed by atoms with van der Waals surface area (Å²) < 4.78 is 5.70. The van der Waals surface area contributed by atoms with Crippen molar-refractivity contribution >= 4 is 29.2 Å². The van der Waals surface area contributed by atoms with Crippen LogP contribution in [-0.2, 0) is 0 Å². The van der Waals surface area contributed by atoms with Gasteiger partial charge in [-0.3, -0.25) is 0 Å². The van der Waals surface area contributed by atoms with Gasteiger partial charge in [0.15, 0.2) is 0 Å². The Morgan fingerprint density at radius 2 is 2.11 bits per heavy atom. The van der Waals surface area contributed by atoms with Gasteiger partial charge in [-0.25, -0.2) is 4.98 Å². The Morgan fingerprint density at radius 3 is 2.84 bits per heavy atom. The topological polar surface area (TPSA) is 47.0 Å². The standard InChI is InChI=1S/C13H13Cl2N3O/c1-3-16-13-17-7-8(2)12(18-13)19-10-6-4-5-9(14)11(10)15/h4-7H,3H2,1-2H3,(H,16,17,18). The Balaban J connectivity index is 2.32. The van der Waals surface area contributed by atoms with Gasteiger partial charge in [0.05, 0.1) is 5.02 Å². The van der Waals surface area contributed by atoms with E-state index >= 15 is 0 Å². The van der Waals surface area contributed by atoms with Gasteiger partial charge in [0.1, 0.15) is 10.8 Å². The highest BCUT2D eigenvalue weighted by Gasteiger charge is 2.10. The van der Waals surface area contributed by atoms with Gasteiger partial charge in [0.2, 0.25) is 11.8 Å². The van der Waals surface area contributed by atoms with Crippen LogP contribution < -0.4 is 10.1 Å². The van der Waals surface area contributed by atoms with Gasteiger partial charge in [-0.2, -0.15) is 4.98 Å². The summed E-state index contributed by atoms with van der Waals surface area (Å²) in [6, 6.07) is 5.21. The van der Waals surface area contributed by atoms with Crippen LogP contribution in [0.1, 0.15) is 12.5 Å². The van der Waals surface area contributed by atoms with Crippen LogP contribution in [0.5, 0.6) is 11.6 Å². The number of nitrogens with one attached hydrogen (secondary N) is 1. The molecule has 0 amide bonds. The van der Waals surface area contributed by atoms with E-state index in [2.05, 4.69) is 15.3 Å². The minimum absolute atomic E-state index is 0.368. The fourth-order valence-electron chi connectivity index (χ4n) is 1.44. The van der Waals surface area contributed by atoms with Crippen molar-refractivity contribution in [1.29, 1.82) is 0 Å². The molecule has 19 heavy (non-hydrogen) atoms. The monoisotopic (exact) mass is 297 g/mol. The summed E-state index contributed by atoms with van der Waals surface area (Å²) in [5, 5.41) is 3.84. The van der Waals surface area contributed by atoms with Crippen molar-refractivity contribution in [3.63, 3.8) is 0 Å².